The monoisotopic (exact) mass is 430 g/mol. The molecular formula is C24H22N4O4. The quantitative estimate of drug-likeness (QED) is 0.457. The lowest BCUT2D eigenvalue weighted by atomic mass is 10.0. The van der Waals surface area contributed by atoms with E-state index >= 15 is 0 Å². The van der Waals surface area contributed by atoms with E-state index in [-0.39, 0.29) is 12.5 Å². The molecule has 32 heavy (non-hydrogen) atoms. The number of carboxylic acids is 1. The van der Waals surface area contributed by atoms with Gasteiger partial charge in [-0.2, -0.15) is 10.2 Å². The van der Waals surface area contributed by atoms with Crippen LogP contribution in [0, 0.1) is 11.3 Å². The molecule has 4 rings (SSSR count). The zero-order valence-corrected chi connectivity index (χ0v) is 18.0. The highest BCUT2D eigenvalue weighted by atomic mass is 16.5. The summed E-state index contributed by atoms with van der Waals surface area (Å²) in [5.74, 6) is 0.392. The molecule has 0 amide bonds. The van der Waals surface area contributed by atoms with Crippen LogP contribution in [-0.4, -0.2) is 31.9 Å². The Morgan fingerprint density at radius 1 is 1.28 bits per heavy atom. The first-order valence-electron chi connectivity index (χ1n) is 10.2. The fourth-order valence-corrected chi connectivity index (χ4v) is 3.69. The van der Waals surface area contributed by atoms with Gasteiger partial charge in [-0.15, -0.1) is 0 Å². The highest BCUT2D eigenvalue weighted by Crippen LogP contribution is 2.33. The summed E-state index contributed by atoms with van der Waals surface area (Å²) in [6.45, 7) is 3.80. The zero-order chi connectivity index (χ0) is 22.8. The predicted octanol–water partition coefficient (Wildman–Crippen LogP) is 4.57. The number of nitrogens with zero attached hydrogens (tertiary/aromatic N) is 4. The van der Waals surface area contributed by atoms with Crippen molar-refractivity contribution in [2.24, 2.45) is 7.05 Å². The summed E-state index contributed by atoms with van der Waals surface area (Å²) >= 11 is 0. The fraction of sp³-hybridized carbons (Fsp3) is 0.250. The van der Waals surface area contributed by atoms with Gasteiger partial charge in [0.25, 0.3) is 5.89 Å². The average Bonchev–Trinajstić information content (AvgIpc) is 3.40. The highest BCUT2D eigenvalue weighted by Gasteiger charge is 2.18. The van der Waals surface area contributed by atoms with Gasteiger partial charge in [0.1, 0.15) is 11.8 Å². The molecule has 4 aromatic rings. The van der Waals surface area contributed by atoms with Crippen molar-refractivity contribution in [1.29, 1.82) is 5.26 Å². The molecule has 0 aliphatic heterocycles. The van der Waals surface area contributed by atoms with Crippen LogP contribution in [-0.2, 0) is 18.3 Å². The first kappa shape index (κ1) is 21.1. The van der Waals surface area contributed by atoms with Crippen molar-refractivity contribution in [3.05, 3.63) is 53.7 Å². The molecule has 0 saturated carbocycles. The summed E-state index contributed by atoms with van der Waals surface area (Å²) in [5, 5.41) is 23.6. The molecule has 1 N–H and O–H groups in total. The Labute approximate surface area is 184 Å². The van der Waals surface area contributed by atoms with Gasteiger partial charge in [0, 0.05) is 36.2 Å². The van der Waals surface area contributed by atoms with Gasteiger partial charge < -0.3 is 18.9 Å². The normalized spacial score (nSPS) is 11.1. The molecule has 0 atom stereocenters. The summed E-state index contributed by atoms with van der Waals surface area (Å²) in [5.41, 5.74) is 3.69. The number of carboxylic acid groups (broad SMARTS) is 1. The maximum absolute atomic E-state index is 11.0. The molecular weight excluding hydrogens is 408 g/mol. The van der Waals surface area contributed by atoms with Gasteiger partial charge in [-0.05, 0) is 50.1 Å². The van der Waals surface area contributed by atoms with E-state index in [1.165, 1.54) is 0 Å². The van der Waals surface area contributed by atoms with E-state index < -0.39 is 5.97 Å². The van der Waals surface area contributed by atoms with Gasteiger partial charge in [-0.25, -0.2) is 0 Å². The highest BCUT2D eigenvalue weighted by molar-refractivity contribution is 5.96. The van der Waals surface area contributed by atoms with Crippen molar-refractivity contribution < 1.29 is 19.2 Å². The third-order valence-corrected chi connectivity index (χ3v) is 5.10. The Morgan fingerprint density at radius 2 is 2.09 bits per heavy atom. The second-order valence-electron chi connectivity index (χ2n) is 7.77. The summed E-state index contributed by atoms with van der Waals surface area (Å²) in [6.07, 6.45) is 2.37. The number of aromatic nitrogens is 3. The molecule has 0 bridgehead atoms. The molecule has 0 fully saturated rings. The second-order valence-corrected chi connectivity index (χ2v) is 7.77. The molecule has 0 spiro atoms. The molecule has 0 aliphatic carbocycles. The molecule has 162 valence electrons. The first-order chi connectivity index (χ1) is 15.4. The summed E-state index contributed by atoms with van der Waals surface area (Å²) in [7, 11) is 1.92. The molecule has 0 radical (unpaired) electrons. The smallest absolute Gasteiger partial charge is 0.303 e. The number of hydrogen-bond donors (Lipinski definition) is 1. The van der Waals surface area contributed by atoms with Gasteiger partial charge in [-0.1, -0.05) is 17.3 Å². The standard InChI is InChI=1S/C24H22N4O4/c1-14(2)31-20-8-5-16(12-17(20)13-25)24-26-23(27-32-24)19-7-4-15(6-9-21(29)30)22-18(19)10-11-28(22)3/h4-5,7-8,10-12,14H,6,9H2,1-3H3,(H,29,30). The fourth-order valence-electron chi connectivity index (χ4n) is 3.69. The number of fused-ring (bicyclic) bond motifs is 1. The van der Waals surface area contributed by atoms with Crippen molar-refractivity contribution in [2.75, 3.05) is 0 Å². The van der Waals surface area contributed by atoms with Crippen LogP contribution in [0.25, 0.3) is 33.7 Å². The average molecular weight is 430 g/mol. The minimum atomic E-state index is -0.833. The number of aryl methyl sites for hydroxylation is 2. The number of rotatable bonds is 7. The molecule has 2 heterocycles. The van der Waals surface area contributed by atoms with Crippen molar-refractivity contribution >= 4 is 16.9 Å². The maximum atomic E-state index is 11.0. The van der Waals surface area contributed by atoms with Crippen molar-refractivity contribution in [1.82, 2.24) is 14.7 Å². The van der Waals surface area contributed by atoms with Crippen LogP contribution in [0.4, 0.5) is 0 Å². The third-order valence-electron chi connectivity index (χ3n) is 5.10. The van der Waals surface area contributed by atoms with Crippen LogP contribution >= 0.6 is 0 Å². The zero-order valence-electron chi connectivity index (χ0n) is 18.0. The van der Waals surface area contributed by atoms with Crippen LogP contribution in [0.15, 0.2) is 47.1 Å². The second kappa shape index (κ2) is 8.55. The van der Waals surface area contributed by atoms with E-state index in [4.69, 9.17) is 14.4 Å². The Balaban J connectivity index is 1.71. The van der Waals surface area contributed by atoms with Crippen LogP contribution in [0.5, 0.6) is 5.75 Å². The van der Waals surface area contributed by atoms with Crippen LogP contribution in [0.2, 0.25) is 0 Å². The Hall–Kier alpha value is -4.12. The summed E-state index contributed by atoms with van der Waals surface area (Å²) in [4.78, 5) is 15.6. The lowest BCUT2D eigenvalue weighted by Crippen LogP contribution is -2.06. The van der Waals surface area contributed by atoms with Gasteiger partial charge in [0.2, 0.25) is 5.82 Å². The van der Waals surface area contributed by atoms with Crippen LogP contribution in [0.1, 0.15) is 31.4 Å². The summed E-state index contributed by atoms with van der Waals surface area (Å²) < 4.78 is 13.1. The molecule has 2 aromatic carbocycles. The van der Waals surface area contributed by atoms with Gasteiger partial charge in [-0.3, -0.25) is 4.79 Å². The van der Waals surface area contributed by atoms with Crippen LogP contribution in [0.3, 0.4) is 0 Å². The van der Waals surface area contributed by atoms with Gasteiger partial charge in [0.15, 0.2) is 0 Å². The third kappa shape index (κ3) is 4.05. The maximum Gasteiger partial charge on any atom is 0.303 e. The summed E-state index contributed by atoms with van der Waals surface area (Å²) in [6, 6.07) is 13.1. The predicted molar refractivity (Wildman–Crippen MR) is 118 cm³/mol. The lowest BCUT2D eigenvalue weighted by molar-refractivity contribution is -0.136. The Bertz CT molecular complexity index is 1340. The number of hydrogen-bond acceptors (Lipinski definition) is 6. The molecule has 8 heteroatoms. The molecule has 0 unspecified atom stereocenters. The largest absolute Gasteiger partial charge is 0.490 e. The number of benzene rings is 2. The number of nitriles is 1. The van der Waals surface area contributed by atoms with E-state index in [0.717, 1.165) is 22.0 Å². The van der Waals surface area contributed by atoms with E-state index in [9.17, 15) is 10.1 Å². The Kier molecular flexibility index (Phi) is 5.65. The first-order valence-corrected chi connectivity index (χ1v) is 10.2. The number of carbonyl (C=O) groups is 1. The molecule has 0 aliphatic rings. The van der Waals surface area contributed by atoms with E-state index in [2.05, 4.69) is 16.2 Å². The van der Waals surface area contributed by atoms with Crippen LogP contribution < -0.4 is 4.74 Å². The van der Waals surface area contributed by atoms with E-state index in [1.807, 2.05) is 49.9 Å². The molecule has 8 nitrogen and oxygen atoms in total. The van der Waals surface area contributed by atoms with Crippen molar-refractivity contribution in [3.8, 4) is 34.7 Å². The molecule has 2 aromatic heterocycles. The topological polar surface area (TPSA) is 114 Å². The van der Waals surface area contributed by atoms with E-state index in [0.29, 0.717) is 35.0 Å². The minimum Gasteiger partial charge on any atom is -0.490 e. The van der Waals surface area contributed by atoms with Gasteiger partial charge in [0.05, 0.1) is 17.2 Å². The number of aliphatic carboxylic acids is 1. The van der Waals surface area contributed by atoms with Crippen molar-refractivity contribution in [2.45, 2.75) is 32.8 Å². The number of ether oxygens (including phenoxy) is 1. The van der Waals surface area contributed by atoms with E-state index in [1.54, 1.807) is 18.2 Å². The lowest BCUT2D eigenvalue weighted by Gasteiger charge is -2.11. The molecule has 0 saturated heterocycles. The van der Waals surface area contributed by atoms with Crippen molar-refractivity contribution in [3.63, 3.8) is 0 Å². The SMILES string of the molecule is CC(C)Oc1ccc(-c2nc(-c3ccc(CCC(=O)O)c4c3ccn4C)no2)cc1C#N. The minimum absolute atomic E-state index is 0.0466. The Morgan fingerprint density at radius 3 is 2.81 bits per heavy atom. The van der Waals surface area contributed by atoms with Gasteiger partial charge >= 0.3 is 5.97 Å².